The Kier molecular flexibility index (Phi) is 15.7. The van der Waals surface area contributed by atoms with Crippen molar-refractivity contribution >= 4 is 31.2 Å². The maximum atomic E-state index is 7.25. The van der Waals surface area contributed by atoms with Gasteiger partial charge in [0.25, 0.3) is 0 Å². The Balaban J connectivity index is 1.51. The van der Waals surface area contributed by atoms with Crippen LogP contribution in [0.1, 0.15) is 168 Å². The van der Waals surface area contributed by atoms with Crippen LogP contribution in [0.15, 0.2) is 48.5 Å². The average molecular weight is 895 g/mol. The molecule has 0 heterocycles. The molecule has 0 N–H and O–H groups in total. The van der Waals surface area contributed by atoms with Crippen molar-refractivity contribution in [3.63, 3.8) is 0 Å². The molecule has 346 valence electrons. The molecule has 5 aromatic carbocycles. The van der Waals surface area contributed by atoms with E-state index in [9.17, 15) is 0 Å². The molecular weight excluding hydrogens is 818 g/mol. The van der Waals surface area contributed by atoms with Crippen molar-refractivity contribution in [3.05, 3.63) is 126 Å². The molecular formula is C58H76BO5P. The van der Waals surface area contributed by atoms with E-state index in [2.05, 4.69) is 145 Å². The first-order chi connectivity index (χ1) is 31.1. The van der Waals surface area contributed by atoms with E-state index in [-0.39, 0.29) is 0 Å². The largest absolute Gasteiger partial charge is 0.864 e. The lowest BCUT2D eigenvalue weighted by atomic mass is 9.78. The van der Waals surface area contributed by atoms with Crippen LogP contribution >= 0.6 is 7.92 Å². The van der Waals surface area contributed by atoms with Gasteiger partial charge in [-0.2, -0.15) is 0 Å². The first-order valence-corrected chi connectivity index (χ1v) is 26.1. The number of rotatable bonds is 15. The number of aryl methyl sites for hydroxylation is 11. The lowest BCUT2D eigenvalue weighted by molar-refractivity contribution is 0.298. The standard InChI is InChI=1S/C58H76BO5P/c1-15-60-49-34-50(52(48-25-21-18-22-26-48)56(61-16-2)51(49)47-23-19-17-20-24-47)65(57-43(11)31-37(5)32-44(57)12)58-45(13)33-42(10)55(46(58)14)64-59(62-53-38(6)27-35(3)28-39(53)7)63-54-40(8)29-36(4)30-41(54)9/h27-34,47-48H,15-26H2,1-14H3. The molecule has 0 aliphatic heterocycles. The molecule has 65 heavy (non-hydrogen) atoms. The summed E-state index contributed by atoms with van der Waals surface area (Å²) < 4.78 is 35.0. The zero-order chi connectivity index (χ0) is 46.7. The van der Waals surface area contributed by atoms with Gasteiger partial charge >= 0.3 is 7.32 Å². The van der Waals surface area contributed by atoms with E-state index in [4.69, 9.17) is 23.4 Å². The van der Waals surface area contributed by atoms with Gasteiger partial charge in [-0.05, 0) is 214 Å². The molecule has 0 bridgehead atoms. The van der Waals surface area contributed by atoms with Gasteiger partial charge in [0, 0.05) is 11.1 Å². The van der Waals surface area contributed by atoms with E-state index >= 15 is 0 Å². The highest BCUT2D eigenvalue weighted by Gasteiger charge is 2.39. The quantitative estimate of drug-likeness (QED) is 0.0774. The van der Waals surface area contributed by atoms with Crippen molar-refractivity contribution in [3.8, 4) is 28.7 Å². The number of hydrogen-bond acceptors (Lipinski definition) is 5. The molecule has 2 fully saturated rings. The van der Waals surface area contributed by atoms with Gasteiger partial charge in [0.2, 0.25) is 0 Å². The minimum atomic E-state index is -1.17. The molecule has 0 amide bonds. The molecule has 0 radical (unpaired) electrons. The number of benzene rings is 5. The van der Waals surface area contributed by atoms with E-state index < -0.39 is 15.2 Å². The van der Waals surface area contributed by atoms with E-state index in [0.717, 1.165) is 62.1 Å². The van der Waals surface area contributed by atoms with Gasteiger partial charge in [-0.25, -0.2) is 0 Å². The van der Waals surface area contributed by atoms with Gasteiger partial charge in [0.15, 0.2) is 0 Å². The Morgan fingerprint density at radius 3 is 1.29 bits per heavy atom. The summed E-state index contributed by atoms with van der Waals surface area (Å²) in [6.45, 7) is 31.8. The van der Waals surface area contributed by atoms with E-state index in [0.29, 0.717) is 25.0 Å². The predicted octanol–water partition coefficient (Wildman–Crippen LogP) is 14.6. The van der Waals surface area contributed by atoms with Gasteiger partial charge in [-0.1, -0.05) is 97.7 Å². The van der Waals surface area contributed by atoms with Crippen LogP contribution in [0.25, 0.3) is 0 Å². The fourth-order valence-corrected chi connectivity index (χ4v) is 14.8. The Hall–Kier alpha value is -4.41. The molecule has 5 nitrogen and oxygen atoms in total. The number of ether oxygens (including phenoxy) is 2. The minimum Gasteiger partial charge on any atom is -0.493 e. The molecule has 2 aliphatic carbocycles. The van der Waals surface area contributed by atoms with E-state index in [1.807, 2.05) is 0 Å². The van der Waals surface area contributed by atoms with Crippen LogP contribution in [-0.2, 0) is 0 Å². The molecule has 1 unspecified atom stereocenters. The van der Waals surface area contributed by atoms with Gasteiger partial charge in [0.05, 0.1) is 13.2 Å². The molecule has 7 rings (SSSR count). The molecule has 0 spiro atoms. The van der Waals surface area contributed by atoms with Crippen molar-refractivity contribution in [1.29, 1.82) is 0 Å². The lowest BCUT2D eigenvalue weighted by Crippen LogP contribution is -2.39. The van der Waals surface area contributed by atoms with Crippen LogP contribution in [0.2, 0.25) is 0 Å². The highest BCUT2D eigenvalue weighted by atomic mass is 31.1. The second kappa shape index (κ2) is 21.0. The van der Waals surface area contributed by atoms with Crippen LogP contribution in [0.5, 0.6) is 28.7 Å². The highest BCUT2D eigenvalue weighted by Crippen LogP contribution is 2.53. The second-order valence-electron chi connectivity index (χ2n) is 19.6. The fraction of sp³-hybridized carbons (Fsp3) is 0.483. The molecule has 7 heteroatoms. The summed E-state index contributed by atoms with van der Waals surface area (Å²) in [6.07, 6.45) is 12.3. The summed E-state index contributed by atoms with van der Waals surface area (Å²) in [5.74, 6) is 5.32. The topological polar surface area (TPSA) is 46.2 Å². The zero-order valence-corrected chi connectivity index (χ0v) is 43.2. The third kappa shape index (κ3) is 10.4. The van der Waals surface area contributed by atoms with Crippen LogP contribution in [0.4, 0.5) is 0 Å². The third-order valence-corrected chi connectivity index (χ3v) is 17.1. The van der Waals surface area contributed by atoms with Crippen LogP contribution < -0.4 is 39.4 Å². The lowest BCUT2D eigenvalue weighted by Gasteiger charge is -2.36. The van der Waals surface area contributed by atoms with Crippen molar-refractivity contribution in [2.45, 2.75) is 173 Å². The van der Waals surface area contributed by atoms with Crippen molar-refractivity contribution < 1.29 is 23.4 Å². The van der Waals surface area contributed by atoms with Crippen LogP contribution in [0, 0.1) is 83.1 Å². The molecule has 2 aliphatic rings. The summed E-state index contributed by atoms with van der Waals surface area (Å²) in [5, 5.41) is 4.09. The molecule has 2 saturated carbocycles. The van der Waals surface area contributed by atoms with Crippen molar-refractivity contribution in [1.82, 2.24) is 0 Å². The van der Waals surface area contributed by atoms with E-state index in [1.54, 1.807) is 0 Å². The Labute approximate surface area is 394 Å². The smallest absolute Gasteiger partial charge is 0.493 e. The molecule has 0 saturated heterocycles. The fourth-order valence-electron chi connectivity index (χ4n) is 11.6. The summed E-state index contributed by atoms with van der Waals surface area (Å²) in [5.41, 5.74) is 16.7. The van der Waals surface area contributed by atoms with Crippen molar-refractivity contribution in [2.75, 3.05) is 13.2 Å². The van der Waals surface area contributed by atoms with Gasteiger partial charge in [-0.3, -0.25) is 0 Å². The Bertz CT molecular complexity index is 2380. The molecule has 5 aromatic rings. The maximum Gasteiger partial charge on any atom is 0.864 e. The third-order valence-electron chi connectivity index (χ3n) is 13.9. The Morgan fingerprint density at radius 1 is 0.431 bits per heavy atom. The summed E-state index contributed by atoms with van der Waals surface area (Å²) >= 11 is 0. The normalized spacial score (nSPS) is 15.2. The van der Waals surface area contributed by atoms with Gasteiger partial charge in [0.1, 0.15) is 28.7 Å². The number of hydrogen-bond donors (Lipinski definition) is 0. The first kappa shape index (κ1) is 48.5. The molecule has 1 atom stereocenters. The zero-order valence-electron chi connectivity index (χ0n) is 42.3. The van der Waals surface area contributed by atoms with Gasteiger partial charge in [-0.15, -0.1) is 0 Å². The van der Waals surface area contributed by atoms with Crippen LogP contribution in [0.3, 0.4) is 0 Å². The summed E-state index contributed by atoms with van der Waals surface area (Å²) in [4.78, 5) is 0. The predicted molar refractivity (Wildman–Crippen MR) is 277 cm³/mol. The minimum absolute atomic E-state index is 0.407. The highest BCUT2D eigenvalue weighted by molar-refractivity contribution is 7.80. The average Bonchev–Trinajstić information content (AvgIpc) is 3.24. The first-order valence-electron chi connectivity index (χ1n) is 24.7. The van der Waals surface area contributed by atoms with Gasteiger partial charge < -0.3 is 23.4 Å². The molecule has 0 aromatic heterocycles. The van der Waals surface area contributed by atoms with Crippen molar-refractivity contribution in [2.24, 2.45) is 0 Å². The monoisotopic (exact) mass is 895 g/mol. The maximum absolute atomic E-state index is 7.25. The SMILES string of the molecule is CCOc1cc(P(c2c(C)cc(C)cc2C)c2c(C)cc(C)c(OB(Oc3c(C)cc(C)cc3C)Oc3c(C)cc(C)cc3C)c2C)c(C2CCCCC2)c(OCC)c1C1CCCCC1. The summed E-state index contributed by atoms with van der Waals surface area (Å²) in [6, 6.07) is 18.3. The Morgan fingerprint density at radius 2 is 0.831 bits per heavy atom. The van der Waals surface area contributed by atoms with E-state index in [1.165, 1.54) is 125 Å². The second-order valence-corrected chi connectivity index (χ2v) is 21.6. The van der Waals surface area contributed by atoms with Crippen LogP contribution in [-0.4, -0.2) is 20.5 Å². The summed E-state index contributed by atoms with van der Waals surface area (Å²) in [7, 11) is -2.23.